The predicted octanol–water partition coefficient (Wildman–Crippen LogP) is 7.32. The summed E-state index contributed by atoms with van der Waals surface area (Å²) in [6.45, 7) is 5.21. The SMILES string of the molecule is CCCCc1ccc(Cn2ccc3cc(/C(C)=C/C(=O)Nc4ccccc4OCCCC(=O)O)ccc32)cc1. The summed E-state index contributed by atoms with van der Waals surface area (Å²) in [7, 11) is 0. The molecule has 0 bridgehead atoms. The molecular formula is C33H36N2O4. The van der Waals surface area contributed by atoms with Crippen LogP contribution in [0.2, 0.25) is 0 Å². The normalized spacial score (nSPS) is 11.5. The Bertz CT molecular complexity index is 1450. The highest BCUT2D eigenvalue weighted by atomic mass is 16.5. The quantitative estimate of drug-likeness (QED) is 0.142. The van der Waals surface area contributed by atoms with Crippen LogP contribution in [0.1, 0.15) is 56.2 Å². The number of carboxylic acid groups (broad SMARTS) is 1. The minimum atomic E-state index is -0.858. The summed E-state index contributed by atoms with van der Waals surface area (Å²) >= 11 is 0. The number of aromatic nitrogens is 1. The Kier molecular flexibility index (Phi) is 9.57. The lowest BCUT2D eigenvalue weighted by molar-refractivity contribution is -0.137. The van der Waals surface area contributed by atoms with Gasteiger partial charge in [0.25, 0.3) is 0 Å². The molecule has 6 heteroatoms. The lowest BCUT2D eigenvalue weighted by Gasteiger charge is -2.12. The number of carboxylic acids is 1. The first-order chi connectivity index (χ1) is 18.9. The second-order valence-corrected chi connectivity index (χ2v) is 9.80. The molecule has 2 N–H and O–H groups in total. The summed E-state index contributed by atoms with van der Waals surface area (Å²) in [5.41, 5.74) is 6.20. The first-order valence-electron chi connectivity index (χ1n) is 13.5. The zero-order chi connectivity index (χ0) is 27.6. The second-order valence-electron chi connectivity index (χ2n) is 9.80. The van der Waals surface area contributed by atoms with E-state index in [9.17, 15) is 9.59 Å². The van der Waals surface area contributed by atoms with E-state index in [0.29, 0.717) is 17.9 Å². The summed E-state index contributed by atoms with van der Waals surface area (Å²) in [6.07, 6.45) is 7.68. The number of hydrogen-bond acceptors (Lipinski definition) is 3. The van der Waals surface area contributed by atoms with Gasteiger partial charge in [-0.2, -0.15) is 0 Å². The molecule has 0 saturated heterocycles. The number of para-hydroxylation sites is 2. The number of carbonyl (C=O) groups is 2. The maximum absolute atomic E-state index is 12.8. The number of carbonyl (C=O) groups excluding carboxylic acids is 1. The molecule has 4 rings (SSSR count). The van der Waals surface area contributed by atoms with E-state index in [1.54, 1.807) is 18.2 Å². The topological polar surface area (TPSA) is 80.6 Å². The van der Waals surface area contributed by atoms with E-state index in [2.05, 4.69) is 65.5 Å². The number of allylic oxidation sites excluding steroid dienone is 1. The third-order valence-electron chi connectivity index (χ3n) is 6.71. The Morgan fingerprint density at radius 2 is 1.74 bits per heavy atom. The Morgan fingerprint density at radius 1 is 0.974 bits per heavy atom. The Morgan fingerprint density at radius 3 is 2.51 bits per heavy atom. The van der Waals surface area contributed by atoms with E-state index >= 15 is 0 Å². The molecule has 1 aromatic heterocycles. The molecular weight excluding hydrogens is 488 g/mol. The van der Waals surface area contributed by atoms with Gasteiger partial charge in [-0.3, -0.25) is 9.59 Å². The number of aryl methyl sites for hydroxylation is 1. The highest BCUT2D eigenvalue weighted by Gasteiger charge is 2.09. The standard InChI is InChI=1S/C33H36N2O4/c1-3-4-8-25-12-14-26(15-13-25)23-35-19-18-28-22-27(16-17-30(28)35)24(2)21-32(36)34-29-9-5-6-10-31(29)39-20-7-11-33(37)38/h5-6,9-10,12-19,21-22H,3-4,7-8,11,20,23H2,1-2H3,(H,34,36)(H,37,38)/b24-21+. The largest absolute Gasteiger partial charge is 0.491 e. The molecule has 0 atom stereocenters. The molecule has 1 heterocycles. The highest BCUT2D eigenvalue weighted by molar-refractivity contribution is 6.04. The predicted molar refractivity (Wildman–Crippen MR) is 157 cm³/mol. The number of rotatable bonds is 13. The van der Waals surface area contributed by atoms with Crippen LogP contribution in [0.4, 0.5) is 5.69 Å². The zero-order valence-corrected chi connectivity index (χ0v) is 22.7. The van der Waals surface area contributed by atoms with E-state index in [1.807, 2.05) is 25.1 Å². The van der Waals surface area contributed by atoms with Crippen molar-refractivity contribution >= 4 is 34.0 Å². The average molecular weight is 525 g/mol. The molecule has 0 aliphatic rings. The van der Waals surface area contributed by atoms with E-state index in [-0.39, 0.29) is 18.9 Å². The van der Waals surface area contributed by atoms with Crippen molar-refractivity contribution in [1.82, 2.24) is 4.57 Å². The molecule has 0 unspecified atom stereocenters. The number of fused-ring (bicyclic) bond motifs is 1. The van der Waals surface area contributed by atoms with Crippen LogP contribution in [0.5, 0.6) is 5.75 Å². The number of benzene rings is 3. The molecule has 3 aromatic carbocycles. The van der Waals surface area contributed by atoms with Crippen LogP contribution in [-0.2, 0) is 22.6 Å². The van der Waals surface area contributed by atoms with Gasteiger partial charge in [0.15, 0.2) is 0 Å². The Labute approximate surface area is 229 Å². The minimum Gasteiger partial charge on any atom is -0.491 e. The summed E-state index contributed by atoms with van der Waals surface area (Å²) in [6, 6.07) is 24.4. The van der Waals surface area contributed by atoms with Crippen LogP contribution in [-0.4, -0.2) is 28.2 Å². The Hall–Kier alpha value is -4.32. The number of ether oxygens (including phenoxy) is 1. The minimum absolute atomic E-state index is 0.0381. The van der Waals surface area contributed by atoms with Crippen LogP contribution >= 0.6 is 0 Å². The number of anilines is 1. The van der Waals surface area contributed by atoms with E-state index in [4.69, 9.17) is 9.84 Å². The van der Waals surface area contributed by atoms with Crippen LogP contribution in [0.25, 0.3) is 16.5 Å². The first kappa shape index (κ1) is 27.7. The fourth-order valence-electron chi connectivity index (χ4n) is 4.52. The number of hydrogen-bond donors (Lipinski definition) is 2. The number of nitrogens with one attached hydrogen (secondary N) is 1. The van der Waals surface area contributed by atoms with E-state index in [1.165, 1.54) is 24.0 Å². The van der Waals surface area contributed by atoms with Crippen LogP contribution < -0.4 is 10.1 Å². The van der Waals surface area contributed by atoms with Gasteiger partial charge in [-0.25, -0.2) is 0 Å². The molecule has 6 nitrogen and oxygen atoms in total. The van der Waals surface area contributed by atoms with Crippen LogP contribution in [0.15, 0.2) is 85.1 Å². The zero-order valence-electron chi connectivity index (χ0n) is 22.7. The monoisotopic (exact) mass is 524 g/mol. The fourth-order valence-corrected chi connectivity index (χ4v) is 4.52. The maximum Gasteiger partial charge on any atom is 0.303 e. The van der Waals surface area contributed by atoms with Gasteiger partial charge in [-0.1, -0.05) is 55.8 Å². The second kappa shape index (κ2) is 13.5. The van der Waals surface area contributed by atoms with Gasteiger partial charge >= 0.3 is 5.97 Å². The number of aliphatic carboxylic acids is 1. The van der Waals surface area contributed by atoms with Crippen molar-refractivity contribution in [2.24, 2.45) is 0 Å². The van der Waals surface area contributed by atoms with Gasteiger partial charge in [0, 0.05) is 36.1 Å². The molecule has 0 radical (unpaired) electrons. The van der Waals surface area contributed by atoms with Crippen LogP contribution in [0.3, 0.4) is 0 Å². The van der Waals surface area contributed by atoms with Crippen molar-refractivity contribution in [3.05, 3.63) is 102 Å². The highest BCUT2D eigenvalue weighted by Crippen LogP contribution is 2.26. The number of unbranched alkanes of at least 4 members (excludes halogenated alkanes) is 1. The smallest absolute Gasteiger partial charge is 0.303 e. The van der Waals surface area contributed by atoms with Crippen molar-refractivity contribution in [2.75, 3.05) is 11.9 Å². The van der Waals surface area contributed by atoms with Crippen molar-refractivity contribution in [2.45, 2.75) is 52.5 Å². The molecule has 0 saturated carbocycles. The van der Waals surface area contributed by atoms with E-state index in [0.717, 1.165) is 35.0 Å². The molecule has 0 spiro atoms. The molecule has 202 valence electrons. The molecule has 1 amide bonds. The summed E-state index contributed by atoms with van der Waals surface area (Å²) in [5.74, 6) is -0.599. The third kappa shape index (κ3) is 7.84. The fraction of sp³-hybridized carbons (Fsp3) is 0.273. The summed E-state index contributed by atoms with van der Waals surface area (Å²) < 4.78 is 7.94. The van der Waals surface area contributed by atoms with Gasteiger partial charge < -0.3 is 19.7 Å². The Balaban J connectivity index is 1.40. The lowest BCUT2D eigenvalue weighted by Crippen LogP contribution is -2.11. The van der Waals surface area contributed by atoms with Gasteiger partial charge in [0.2, 0.25) is 5.91 Å². The third-order valence-corrected chi connectivity index (χ3v) is 6.71. The van der Waals surface area contributed by atoms with Gasteiger partial charge in [0.1, 0.15) is 5.75 Å². The maximum atomic E-state index is 12.8. The lowest BCUT2D eigenvalue weighted by atomic mass is 10.0. The van der Waals surface area contributed by atoms with Gasteiger partial charge in [0.05, 0.1) is 12.3 Å². The molecule has 39 heavy (non-hydrogen) atoms. The van der Waals surface area contributed by atoms with Crippen molar-refractivity contribution in [1.29, 1.82) is 0 Å². The van der Waals surface area contributed by atoms with Gasteiger partial charge in [-0.05, 0) is 78.8 Å². The molecule has 0 aliphatic heterocycles. The molecule has 0 aliphatic carbocycles. The van der Waals surface area contributed by atoms with Crippen molar-refractivity contribution in [3.63, 3.8) is 0 Å². The number of amides is 1. The van der Waals surface area contributed by atoms with Crippen LogP contribution in [0, 0.1) is 0 Å². The molecule has 0 fully saturated rings. The van der Waals surface area contributed by atoms with Crippen molar-refractivity contribution < 1.29 is 19.4 Å². The van der Waals surface area contributed by atoms with E-state index < -0.39 is 5.97 Å². The summed E-state index contributed by atoms with van der Waals surface area (Å²) in [4.78, 5) is 23.5. The van der Waals surface area contributed by atoms with Gasteiger partial charge in [-0.15, -0.1) is 0 Å². The summed E-state index contributed by atoms with van der Waals surface area (Å²) in [5, 5.41) is 12.8. The number of nitrogens with zero attached hydrogens (tertiary/aromatic N) is 1. The van der Waals surface area contributed by atoms with Crippen molar-refractivity contribution in [3.8, 4) is 5.75 Å². The molecule has 4 aromatic rings. The average Bonchev–Trinajstić information content (AvgIpc) is 3.33. The first-order valence-corrected chi connectivity index (χ1v) is 13.5.